The summed E-state index contributed by atoms with van der Waals surface area (Å²) in [5.41, 5.74) is 2.61. The topological polar surface area (TPSA) is 12.0 Å². The minimum atomic E-state index is -0.143. The lowest BCUT2D eigenvalue weighted by Crippen LogP contribution is -2.49. The second kappa shape index (κ2) is 4.54. The van der Waals surface area contributed by atoms with E-state index in [1.807, 2.05) is 13.0 Å². The van der Waals surface area contributed by atoms with Crippen molar-refractivity contribution in [1.82, 2.24) is 5.32 Å². The standard InChI is InChI=1S/C14H20FN/c1-3-14(7-4-8-14)16-10-12-5-6-13(15)9-11(12)2/h5-6,9,16H,3-4,7-8,10H2,1-2H3. The van der Waals surface area contributed by atoms with E-state index in [1.54, 1.807) is 12.1 Å². The van der Waals surface area contributed by atoms with Crippen LogP contribution in [0.1, 0.15) is 43.7 Å². The molecule has 0 aliphatic heterocycles. The molecule has 1 aliphatic carbocycles. The molecule has 1 aromatic carbocycles. The molecule has 1 fully saturated rings. The monoisotopic (exact) mass is 221 g/mol. The summed E-state index contributed by atoms with van der Waals surface area (Å²) in [7, 11) is 0. The number of benzene rings is 1. The summed E-state index contributed by atoms with van der Waals surface area (Å²) >= 11 is 0. The van der Waals surface area contributed by atoms with Crippen LogP contribution >= 0.6 is 0 Å². The molecule has 0 bridgehead atoms. The highest BCUT2D eigenvalue weighted by molar-refractivity contribution is 5.26. The fourth-order valence-electron chi connectivity index (χ4n) is 2.40. The van der Waals surface area contributed by atoms with Gasteiger partial charge in [-0.25, -0.2) is 4.39 Å². The summed E-state index contributed by atoms with van der Waals surface area (Å²) in [6, 6.07) is 5.04. The minimum absolute atomic E-state index is 0.143. The van der Waals surface area contributed by atoms with E-state index in [1.165, 1.54) is 31.2 Å². The van der Waals surface area contributed by atoms with Gasteiger partial charge in [-0.05, 0) is 55.9 Å². The largest absolute Gasteiger partial charge is 0.307 e. The smallest absolute Gasteiger partial charge is 0.123 e. The molecule has 0 aromatic heterocycles. The lowest BCUT2D eigenvalue weighted by atomic mass is 9.75. The van der Waals surface area contributed by atoms with Crippen LogP contribution in [0.15, 0.2) is 18.2 Å². The Morgan fingerprint density at radius 1 is 1.38 bits per heavy atom. The third kappa shape index (κ3) is 2.27. The molecule has 0 radical (unpaired) electrons. The Bertz CT molecular complexity index is 363. The van der Waals surface area contributed by atoms with Gasteiger partial charge in [0.1, 0.15) is 5.82 Å². The molecule has 1 N–H and O–H groups in total. The molecule has 0 heterocycles. The minimum Gasteiger partial charge on any atom is -0.307 e. The number of aryl methyl sites for hydroxylation is 1. The van der Waals surface area contributed by atoms with Crippen molar-refractivity contribution in [1.29, 1.82) is 0 Å². The first-order valence-electron chi connectivity index (χ1n) is 6.15. The molecule has 1 aliphatic rings. The van der Waals surface area contributed by atoms with Gasteiger partial charge in [0.15, 0.2) is 0 Å². The van der Waals surface area contributed by atoms with Gasteiger partial charge in [-0.2, -0.15) is 0 Å². The number of nitrogens with one attached hydrogen (secondary N) is 1. The van der Waals surface area contributed by atoms with Crippen molar-refractivity contribution in [2.24, 2.45) is 0 Å². The SMILES string of the molecule is CCC1(NCc2ccc(F)cc2C)CCC1. The maximum Gasteiger partial charge on any atom is 0.123 e. The summed E-state index contributed by atoms with van der Waals surface area (Å²) in [6.45, 7) is 5.07. The van der Waals surface area contributed by atoms with Gasteiger partial charge in [-0.15, -0.1) is 0 Å². The highest BCUT2D eigenvalue weighted by atomic mass is 19.1. The maximum absolute atomic E-state index is 12.9. The van der Waals surface area contributed by atoms with Crippen molar-refractivity contribution in [3.05, 3.63) is 35.1 Å². The van der Waals surface area contributed by atoms with Gasteiger partial charge in [-0.1, -0.05) is 13.0 Å². The van der Waals surface area contributed by atoms with Crippen LogP contribution in [0.3, 0.4) is 0 Å². The second-order valence-electron chi connectivity index (χ2n) is 4.91. The molecule has 1 aromatic rings. The molecule has 16 heavy (non-hydrogen) atoms. The quantitative estimate of drug-likeness (QED) is 0.819. The first kappa shape index (κ1) is 11.6. The first-order valence-corrected chi connectivity index (χ1v) is 6.15. The van der Waals surface area contributed by atoms with Crippen molar-refractivity contribution in [3.8, 4) is 0 Å². The van der Waals surface area contributed by atoms with Crippen LogP contribution in [0.4, 0.5) is 4.39 Å². The zero-order chi connectivity index (χ0) is 11.6. The summed E-state index contributed by atoms with van der Waals surface area (Å²) in [5, 5.41) is 3.64. The first-order chi connectivity index (χ1) is 7.65. The van der Waals surface area contributed by atoms with E-state index >= 15 is 0 Å². The van der Waals surface area contributed by atoms with Gasteiger partial charge in [-0.3, -0.25) is 0 Å². The van der Waals surface area contributed by atoms with Crippen molar-refractivity contribution in [2.75, 3.05) is 0 Å². The van der Waals surface area contributed by atoms with E-state index in [4.69, 9.17) is 0 Å². The van der Waals surface area contributed by atoms with Gasteiger partial charge in [0.05, 0.1) is 0 Å². The average Bonchev–Trinajstić information content (AvgIpc) is 2.19. The van der Waals surface area contributed by atoms with Crippen LogP contribution in [0.5, 0.6) is 0 Å². The van der Waals surface area contributed by atoms with Gasteiger partial charge in [0, 0.05) is 12.1 Å². The van der Waals surface area contributed by atoms with Gasteiger partial charge >= 0.3 is 0 Å². The highest BCUT2D eigenvalue weighted by Crippen LogP contribution is 2.34. The van der Waals surface area contributed by atoms with Crippen LogP contribution in [0, 0.1) is 12.7 Å². The van der Waals surface area contributed by atoms with Crippen LogP contribution in [-0.2, 0) is 6.54 Å². The molecular formula is C14H20FN. The van der Waals surface area contributed by atoms with Crippen LogP contribution in [0.2, 0.25) is 0 Å². The molecule has 0 unspecified atom stereocenters. The molecule has 2 heteroatoms. The third-order valence-electron chi connectivity index (χ3n) is 3.95. The van der Waals surface area contributed by atoms with Crippen molar-refractivity contribution < 1.29 is 4.39 Å². The van der Waals surface area contributed by atoms with E-state index < -0.39 is 0 Å². The number of rotatable bonds is 4. The predicted octanol–water partition coefficient (Wildman–Crippen LogP) is 3.56. The molecular weight excluding hydrogens is 201 g/mol. The number of hydrogen-bond donors (Lipinski definition) is 1. The molecule has 88 valence electrons. The molecule has 0 spiro atoms. The number of hydrogen-bond acceptors (Lipinski definition) is 1. The molecule has 0 atom stereocenters. The van der Waals surface area contributed by atoms with Crippen LogP contribution in [-0.4, -0.2) is 5.54 Å². The lowest BCUT2D eigenvalue weighted by molar-refractivity contribution is 0.175. The Labute approximate surface area is 97.1 Å². The number of halogens is 1. The molecule has 1 nitrogen and oxygen atoms in total. The van der Waals surface area contributed by atoms with Crippen molar-refractivity contribution >= 4 is 0 Å². The molecule has 1 saturated carbocycles. The van der Waals surface area contributed by atoms with Gasteiger partial charge in [0.2, 0.25) is 0 Å². The van der Waals surface area contributed by atoms with Crippen molar-refractivity contribution in [2.45, 2.75) is 51.6 Å². The average molecular weight is 221 g/mol. The van der Waals surface area contributed by atoms with Gasteiger partial charge in [0.25, 0.3) is 0 Å². The Hall–Kier alpha value is -0.890. The summed E-state index contributed by atoms with van der Waals surface area (Å²) in [4.78, 5) is 0. The van der Waals surface area contributed by atoms with E-state index in [2.05, 4.69) is 12.2 Å². The predicted molar refractivity (Wildman–Crippen MR) is 64.8 cm³/mol. The Balaban J connectivity index is 1.99. The second-order valence-corrected chi connectivity index (χ2v) is 4.91. The zero-order valence-corrected chi connectivity index (χ0v) is 10.1. The summed E-state index contributed by atoms with van der Waals surface area (Å²) < 4.78 is 12.9. The maximum atomic E-state index is 12.9. The fraction of sp³-hybridized carbons (Fsp3) is 0.571. The van der Waals surface area contributed by atoms with Crippen LogP contribution < -0.4 is 5.32 Å². The normalized spacial score (nSPS) is 18.2. The lowest BCUT2D eigenvalue weighted by Gasteiger charge is -2.42. The van der Waals surface area contributed by atoms with E-state index in [-0.39, 0.29) is 5.82 Å². The summed E-state index contributed by atoms with van der Waals surface area (Å²) in [5.74, 6) is -0.143. The highest BCUT2D eigenvalue weighted by Gasteiger charge is 2.34. The van der Waals surface area contributed by atoms with E-state index in [0.717, 1.165) is 12.1 Å². The van der Waals surface area contributed by atoms with Gasteiger partial charge < -0.3 is 5.32 Å². The van der Waals surface area contributed by atoms with E-state index in [0.29, 0.717) is 5.54 Å². The Morgan fingerprint density at radius 2 is 2.12 bits per heavy atom. The zero-order valence-electron chi connectivity index (χ0n) is 10.1. The summed E-state index contributed by atoms with van der Waals surface area (Å²) in [6.07, 6.45) is 5.09. The van der Waals surface area contributed by atoms with Crippen LogP contribution in [0.25, 0.3) is 0 Å². The third-order valence-corrected chi connectivity index (χ3v) is 3.95. The Morgan fingerprint density at radius 3 is 2.62 bits per heavy atom. The molecule has 0 amide bonds. The fourth-order valence-corrected chi connectivity index (χ4v) is 2.40. The Kier molecular flexibility index (Phi) is 3.29. The van der Waals surface area contributed by atoms with Crippen molar-refractivity contribution in [3.63, 3.8) is 0 Å². The van der Waals surface area contributed by atoms with E-state index in [9.17, 15) is 4.39 Å². The molecule has 2 rings (SSSR count). The molecule has 0 saturated heterocycles.